The molecule has 0 aliphatic carbocycles. The van der Waals surface area contributed by atoms with Gasteiger partial charge in [-0.25, -0.2) is 35.7 Å². The van der Waals surface area contributed by atoms with Crippen molar-refractivity contribution in [1.29, 1.82) is 0 Å². The third kappa shape index (κ3) is 4.55. The van der Waals surface area contributed by atoms with Crippen LogP contribution in [0.5, 0.6) is 0 Å². The summed E-state index contributed by atoms with van der Waals surface area (Å²) in [5, 5.41) is 0.612. The number of aromatic amines is 1. The van der Waals surface area contributed by atoms with Crippen LogP contribution in [-0.4, -0.2) is 45.6 Å². The third-order valence-electron chi connectivity index (χ3n) is 4.09. The van der Waals surface area contributed by atoms with Gasteiger partial charge in [0.2, 0.25) is 10.0 Å². The predicted octanol–water partition coefficient (Wildman–Crippen LogP) is 1.59. The number of rotatable bonds is 8. The maximum absolute atomic E-state index is 13.3. The molecule has 0 bridgehead atoms. The minimum Gasteiger partial charge on any atom is -0.360 e. The van der Waals surface area contributed by atoms with Crippen molar-refractivity contribution in [3.05, 3.63) is 48.5 Å². The topological polar surface area (TPSA) is 121 Å². The van der Waals surface area contributed by atoms with Crippen LogP contribution in [-0.2, 0) is 20.0 Å². The van der Waals surface area contributed by atoms with Crippen molar-refractivity contribution in [2.24, 2.45) is 0 Å². The van der Waals surface area contributed by atoms with E-state index in [0.29, 0.717) is 11.1 Å². The molecule has 0 saturated carbocycles. The average molecular weight is 426 g/mol. The van der Waals surface area contributed by atoms with Crippen LogP contribution < -0.4 is 9.44 Å². The standard InChI is InChI=1S/C17H19FN4O4S2/c1-2-27(23,24)21-7-8-22-28(25,26)17-6-3-12(10-20-17)15-11-19-16-9-13(18)4-5-14(15)16/h3-6,9-11,19,21-22H,2,7-8H2,1H3. The Balaban J connectivity index is 1.72. The van der Waals surface area contributed by atoms with Crippen molar-refractivity contribution in [3.8, 4) is 11.1 Å². The Morgan fingerprint density at radius 1 is 1.07 bits per heavy atom. The number of nitrogens with one attached hydrogen (secondary N) is 3. The number of pyridine rings is 1. The number of nitrogens with zero attached hydrogens (tertiary/aromatic N) is 1. The Labute approximate surface area is 162 Å². The average Bonchev–Trinajstić information content (AvgIpc) is 3.08. The molecular formula is C17H19FN4O4S2. The van der Waals surface area contributed by atoms with Crippen LogP contribution in [0.15, 0.2) is 47.8 Å². The highest BCUT2D eigenvalue weighted by atomic mass is 32.2. The summed E-state index contributed by atoms with van der Waals surface area (Å²) < 4.78 is 65.1. The Kier molecular flexibility index (Phi) is 5.79. The van der Waals surface area contributed by atoms with E-state index < -0.39 is 20.0 Å². The zero-order chi connectivity index (χ0) is 20.4. The molecule has 8 nitrogen and oxygen atoms in total. The number of benzene rings is 1. The fraction of sp³-hybridized carbons (Fsp3) is 0.235. The van der Waals surface area contributed by atoms with Gasteiger partial charge in [-0.1, -0.05) is 0 Å². The molecule has 2 heterocycles. The minimum atomic E-state index is -3.87. The lowest BCUT2D eigenvalue weighted by atomic mass is 10.1. The normalized spacial score (nSPS) is 12.5. The van der Waals surface area contributed by atoms with Gasteiger partial charge in [0.15, 0.2) is 5.03 Å². The highest BCUT2D eigenvalue weighted by Crippen LogP contribution is 2.28. The SMILES string of the molecule is CCS(=O)(=O)NCCNS(=O)(=O)c1ccc(-c2c[nH]c3cc(F)ccc23)cn1. The van der Waals surface area contributed by atoms with Gasteiger partial charge < -0.3 is 4.98 Å². The molecule has 3 aromatic rings. The maximum Gasteiger partial charge on any atom is 0.258 e. The van der Waals surface area contributed by atoms with Crippen LogP contribution in [0.4, 0.5) is 4.39 Å². The van der Waals surface area contributed by atoms with Crippen LogP contribution >= 0.6 is 0 Å². The molecule has 0 atom stereocenters. The summed E-state index contributed by atoms with van der Waals surface area (Å²) in [6.45, 7) is 1.33. The van der Waals surface area contributed by atoms with E-state index in [9.17, 15) is 21.2 Å². The van der Waals surface area contributed by atoms with E-state index in [-0.39, 0.29) is 29.7 Å². The lowest BCUT2D eigenvalue weighted by Crippen LogP contribution is -2.35. The van der Waals surface area contributed by atoms with Crippen molar-refractivity contribution in [2.75, 3.05) is 18.8 Å². The first-order valence-electron chi connectivity index (χ1n) is 8.42. The molecule has 0 saturated heterocycles. The number of fused-ring (bicyclic) bond motifs is 1. The molecule has 0 unspecified atom stereocenters. The molecule has 0 radical (unpaired) electrons. The zero-order valence-corrected chi connectivity index (χ0v) is 16.6. The second-order valence-corrected chi connectivity index (χ2v) is 9.78. The van der Waals surface area contributed by atoms with E-state index >= 15 is 0 Å². The van der Waals surface area contributed by atoms with Gasteiger partial charge in [-0.3, -0.25) is 0 Å². The summed E-state index contributed by atoms with van der Waals surface area (Å²) in [4.78, 5) is 6.97. The molecular weight excluding hydrogens is 407 g/mol. The fourth-order valence-corrected chi connectivity index (χ4v) is 4.18. The summed E-state index contributed by atoms with van der Waals surface area (Å²) in [7, 11) is -7.25. The maximum atomic E-state index is 13.3. The minimum absolute atomic E-state index is 0.0562. The van der Waals surface area contributed by atoms with E-state index in [0.717, 1.165) is 10.9 Å². The quantitative estimate of drug-likeness (QED) is 0.472. The summed E-state index contributed by atoms with van der Waals surface area (Å²) in [6.07, 6.45) is 3.12. The van der Waals surface area contributed by atoms with Gasteiger partial charge >= 0.3 is 0 Å². The molecule has 0 fully saturated rings. The highest BCUT2D eigenvalue weighted by Gasteiger charge is 2.16. The van der Waals surface area contributed by atoms with Crippen LogP contribution in [0.3, 0.4) is 0 Å². The second-order valence-electron chi connectivity index (χ2n) is 5.97. The van der Waals surface area contributed by atoms with E-state index in [1.54, 1.807) is 18.3 Å². The first kappa shape index (κ1) is 20.4. The Morgan fingerprint density at radius 3 is 2.50 bits per heavy atom. The largest absolute Gasteiger partial charge is 0.360 e. The van der Waals surface area contributed by atoms with Crippen LogP contribution in [0.1, 0.15) is 6.92 Å². The second kappa shape index (κ2) is 7.95. The molecule has 0 aliphatic rings. The fourth-order valence-electron chi connectivity index (χ4n) is 2.60. The summed E-state index contributed by atoms with van der Waals surface area (Å²) in [5.41, 5.74) is 2.07. The number of sulfonamides is 2. The number of hydrogen-bond acceptors (Lipinski definition) is 5. The van der Waals surface area contributed by atoms with E-state index in [4.69, 9.17) is 0 Å². The molecule has 28 heavy (non-hydrogen) atoms. The molecule has 1 aromatic carbocycles. The van der Waals surface area contributed by atoms with Crippen LogP contribution in [0.2, 0.25) is 0 Å². The Bertz CT molecular complexity index is 1190. The van der Waals surface area contributed by atoms with E-state index in [1.807, 2.05) is 0 Å². The first-order chi connectivity index (χ1) is 13.2. The molecule has 2 aromatic heterocycles. The van der Waals surface area contributed by atoms with Gasteiger partial charge in [0, 0.05) is 47.5 Å². The van der Waals surface area contributed by atoms with Gasteiger partial charge in [0.1, 0.15) is 5.82 Å². The van der Waals surface area contributed by atoms with Gasteiger partial charge in [0.25, 0.3) is 10.0 Å². The molecule has 0 spiro atoms. The number of halogens is 1. The van der Waals surface area contributed by atoms with Gasteiger partial charge in [-0.2, -0.15) is 0 Å². The summed E-state index contributed by atoms with van der Waals surface area (Å²) >= 11 is 0. The zero-order valence-electron chi connectivity index (χ0n) is 14.9. The summed E-state index contributed by atoms with van der Waals surface area (Å²) in [5.74, 6) is -0.434. The van der Waals surface area contributed by atoms with Crippen molar-refractivity contribution in [2.45, 2.75) is 11.9 Å². The number of aromatic nitrogens is 2. The van der Waals surface area contributed by atoms with Crippen LogP contribution in [0.25, 0.3) is 22.0 Å². The number of H-pyrrole nitrogens is 1. The first-order valence-corrected chi connectivity index (χ1v) is 11.6. The van der Waals surface area contributed by atoms with E-state index in [2.05, 4.69) is 19.4 Å². The molecule has 3 rings (SSSR count). The monoisotopic (exact) mass is 426 g/mol. The number of hydrogen-bond donors (Lipinski definition) is 3. The lowest BCUT2D eigenvalue weighted by molar-refractivity contribution is 0.569. The molecule has 0 aliphatic heterocycles. The third-order valence-corrected chi connectivity index (χ3v) is 6.87. The van der Waals surface area contributed by atoms with Gasteiger partial charge in [-0.05, 0) is 37.3 Å². The van der Waals surface area contributed by atoms with Gasteiger partial charge in [-0.15, -0.1) is 0 Å². The highest BCUT2D eigenvalue weighted by molar-refractivity contribution is 7.89. The Morgan fingerprint density at radius 2 is 1.82 bits per heavy atom. The summed E-state index contributed by atoms with van der Waals surface area (Å²) in [6, 6.07) is 7.33. The van der Waals surface area contributed by atoms with Crippen LogP contribution in [0, 0.1) is 5.82 Å². The predicted molar refractivity (Wildman–Crippen MR) is 104 cm³/mol. The van der Waals surface area contributed by atoms with Gasteiger partial charge in [0.05, 0.1) is 5.75 Å². The van der Waals surface area contributed by atoms with Crippen molar-refractivity contribution in [3.63, 3.8) is 0 Å². The molecule has 150 valence electrons. The molecule has 3 N–H and O–H groups in total. The van der Waals surface area contributed by atoms with Crippen molar-refractivity contribution >= 4 is 30.9 Å². The van der Waals surface area contributed by atoms with E-state index in [1.165, 1.54) is 31.3 Å². The van der Waals surface area contributed by atoms with Crippen molar-refractivity contribution < 1.29 is 21.2 Å². The Hall–Kier alpha value is -2.34. The van der Waals surface area contributed by atoms with Crippen molar-refractivity contribution in [1.82, 2.24) is 19.4 Å². The molecule has 11 heteroatoms. The molecule has 0 amide bonds. The smallest absolute Gasteiger partial charge is 0.258 e. The lowest BCUT2D eigenvalue weighted by Gasteiger charge is -2.08.